The lowest BCUT2D eigenvalue weighted by Crippen LogP contribution is -2.60. The zero-order valence-electron chi connectivity index (χ0n) is 11.2. The molecule has 0 aromatic rings. The second-order valence-electron chi connectivity index (χ2n) is 5.23. The molecule has 19 heavy (non-hydrogen) atoms. The zero-order chi connectivity index (χ0) is 14.0. The summed E-state index contributed by atoms with van der Waals surface area (Å²) in [6.45, 7) is 4.96. The lowest BCUT2D eigenvalue weighted by molar-refractivity contribution is -0.141. The number of hydrogen-bond acceptors (Lipinski definition) is 4. The molecule has 0 saturated carbocycles. The van der Waals surface area contributed by atoms with Gasteiger partial charge >= 0.3 is 12.0 Å². The van der Waals surface area contributed by atoms with Crippen molar-refractivity contribution in [2.24, 2.45) is 0 Å². The van der Waals surface area contributed by atoms with Crippen molar-refractivity contribution >= 4 is 23.8 Å². The lowest BCUT2D eigenvalue weighted by atomic mass is 9.95. The molecule has 0 spiro atoms. The largest absolute Gasteiger partial charge is 0.480 e. The van der Waals surface area contributed by atoms with Gasteiger partial charge in [0.1, 0.15) is 6.04 Å². The molecular weight excluding hydrogens is 268 g/mol. The molecule has 6 nitrogen and oxygen atoms in total. The number of hydrogen-bond donors (Lipinski definition) is 2. The average molecular weight is 288 g/mol. The van der Waals surface area contributed by atoms with Crippen molar-refractivity contribution in [3.63, 3.8) is 0 Å². The number of carbonyl (C=O) groups excluding carboxylic acids is 1. The molecule has 7 heteroatoms. The Morgan fingerprint density at radius 3 is 2.84 bits per heavy atom. The van der Waals surface area contributed by atoms with Crippen LogP contribution in [0.5, 0.6) is 0 Å². The first kappa shape index (κ1) is 14.5. The number of carbonyl (C=O) groups is 2. The number of carboxylic acids is 1. The second kappa shape index (κ2) is 5.58. The van der Waals surface area contributed by atoms with Crippen LogP contribution in [-0.4, -0.2) is 64.3 Å². The Kier molecular flexibility index (Phi) is 4.25. The Labute approximate surface area is 116 Å². The van der Waals surface area contributed by atoms with E-state index in [1.54, 1.807) is 11.8 Å². The quantitative estimate of drug-likeness (QED) is 0.784. The highest BCUT2D eigenvalue weighted by atomic mass is 32.2. The number of carboxylic acid groups (broad SMARTS) is 1. The van der Waals surface area contributed by atoms with Crippen molar-refractivity contribution in [2.75, 3.05) is 24.7 Å². The molecule has 2 N–H and O–H groups in total. The third-order valence-electron chi connectivity index (χ3n) is 3.95. The van der Waals surface area contributed by atoms with Gasteiger partial charge in [-0.25, -0.2) is 9.59 Å². The van der Waals surface area contributed by atoms with Crippen molar-refractivity contribution in [3.05, 3.63) is 0 Å². The van der Waals surface area contributed by atoms with Crippen molar-refractivity contribution in [1.29, 1.82) is 0 Å². The summed E-state index contributed by atoms with van der Waals surface area (Å²) >= 11 is 1.57. The smallest absolute Gasteiger partial charge is 0.327 e. The molecule has 0 aromatic carbocycles. The van der Waals surface area contributed by atoms with Crippen molar-refractivity contribution in [3.8, 4) is 0 Å². The SMILES string of the molecule is CC1OCCC1(C)NC(=O)N1CCSCC1C(=O)O. The summed E-state index contributed by atoms with van der Waals surface area (Å²) in [5.41, 5.74) is -0.412. The summed E-state index contributed by atoms with van der Waals surface area (Å²) in [7, 11) is 0. The number of nitrogens with zero attached hydrogens (tertiary/aromatic N) is 1. The molecule has 2 rings (SSSR count). The van der Waals surface area contributed by atoms with Gasteiger partial charge in [-0.3, -0.25) is 0 Å². The van der Waals surface area contributed by atoms with E-state index in [9.17, 15) is 14.7 Å². The first-order chi connectivity index (χ1) is 8.94. The van der Waals surface area contributed by atoms with E-state index in [2.05, 4.69) is 5.32 Å². The number of aliphatic carboxylic acids is 1. The highest BCUT2D eigenvalue weighted by Gasteiger charge is 2.41. The van der Waals surface area contributed by atoms with Gasteiger partial charge in [-0.05, 0) is 20.3 Å². The number of thioether (sulfide) groups is 1. The van der Waals surface area contributed by atoms with Gasteiger partial charge in [-0.1, -0.05) is 0 Å². The van der Waals surface area contributed by atoms with Crippen LogP contribution in [0.1, 0.15) is 20.3 Å². The Balaban J connectivity index is 2.03. The van der Waals surface area contributed by atoms with Crippen LogP contribution in [0.25, 0.3) is 0 Å². The van der Waals surface area contributed by atoms with Gasteiger partial charge in [0, 0.05) is 24.7 Å². The van der Waals surface area contributed by atoms with Crippen molar-refractivity contribution in [2.45, 2.75) is 38.0 Å². The van der Waals surface area contributed by atoms with Crippen LogP contribution in [0, 0.1) is 0 Å². The molecule has 2 saturated heterocycles. The van der Waals surface area contributed by atoms with Crippen LogP contribution >= 0.6 is 11.8 Å². The Hall–Kier alpha value is -0.950. The third kappa shape index (κ3) is 2.97. The summed E-state index contributed by atoms with van der Waals surface area (Å²) < 4.78 is 5.48. The molecule has 108 valence electrons. The molecule has 3 unspecified atom stereocenters. The number of rotatable bonds is 2. The van der Waals surface area contributed by atoms with Gasteiger partial charge in [-0.2, -0.15) is 11.8 Å². The highest BCUT2D eigenvalue weighted by Crippen LogP contribution is 2.26. The molecule has 0 aromatic heterocycles. The molecule has 2 heterocycles. The van der Waals surface area contributed by atoms with Gasteiger partial charge in [0.2, 0.25) is 0 Å². The number of amides is 2. The molecule has 0 bridgehead atoms. The summed E-state index contributed by atoms with van der Waals surface area (Å²) in [4.78, 5) is 24.9. The van der Waals surface area contributed by atoms with E-state index < -0.39 is 17.6 Å². The minimum Gasteiger partial charge on any atom is -0.480 e. The predicted molar refractivity (Wildman–Crippen MR) is 72.4 cm³/mol. The molecule has 2 amide bonds. The highest BCUT2D eigenvalue weighted by molar-refractivity contribution is 7.99. The second-order valence-corrected chi connectivity index (χ2v) is 6.38. The molecule has 0 aliphatic carbocycles. The molecule has 2 aliphatic heterocycles. The molecule has 2 fully saturated rings. The molecule has 2 aliphatic rings. The van der Waals surface area contributed by atoms with Crippen LogP contribution in [-0.2, 0) is 9.53 Å². The number of ether oxygens (including phenoxy) is 1. The first-order valence-electron chi connectivity index (χ1n) is 6.45. The fourth-order valence-corrected chi connectivity index (χ4v) is 3.40. The van der Waals surface area contributed by atoms with Crippen LogP contribution in [0.15, 0.2) is 0 Å². The Bertz CT molecular complexity index is 379. The summed E-state index contributed by atoms with van der Waals surface area (Å²) in [5, 5.41) is 12.1. The number of urea groups is 1. The van der Waals surface area contributed by atoms with Gasteiger partial charge in [0.05, 0.1) is 11.6 Å². The minimum atomic E-state index is -0.941. The van der Waals surface area contributed by atoms with Crippen molar-refractivity contribution < 1.29 is 19.4 Å². The fourth-order valence-electron chi connectivity index (χ4n) is 2.37. The Morgan fingerprint density at radius 1 is 1.53 bits per heavy atom. The Morgan fingerprint density at radius 2 is 2.26 bits per heavy atom. The van der Waals surface area contributed by atoms with E-state index in [4.69, 9.17) is 4.74 Å². The van der Waals surface area contributed by atoms with Crippen molar-refractivity contribution in [1.82, 2.24) is 10.2 Å². The maximum atomic E-state index is 12.3. The summed E-state index contributed by atoms with van der Waals surface area (Å²) in [5.74, 6) is 0.286. The third-order valence-corrected chi connectivity index (χ3v) is 4.98. The normalized spacial score (nSPS) is 35.2. The van der Waals surface area contributed by atoms with Crippen LogP contribution in [0.3, 0.4) is 0 Å². The van der Waals surface area contributed by atoms with Crippen LogP contribution in [0.2, 0.25) is 0 Å². The monoisotopic (exact) mass is 288 g/mol. The van der Waals surface area contributed by atoms with Gasteiger partial charge in [0.15, 0.2) is 0 Å². The molecular formula is C12H20N2O4S. The minimum absolute atomic E-state index is 0.0566. The van der Waals surface area contributed by atoms with E-state index in [0.717, 1.165) is 12.2 Å². The van der Waals surface area contributed by atoms with E-state index in [-0.39, 0.29) is 12.1 Å². The van der Waals surface area contributed by atoms with Gasteiger partial charge in [0.25, 0.3) is 0 Å². The summed E-state index contributed by atoms with van der Waals surface area (Å²) in [6, 6.07) is -1.03. The maximum absolute atomic E-state index is 12.3. The molecule has 0 radical (unpaired) electrons. The van der Waals surface area contributed by atoms with Crippen LogP contribution < -0.4 is 5.32 Å². The average Bonchev–Trinajstić information content (AvgIpc) is 2.69. The molecule has 3 atom stereocenters. The fraction of sp³-hybridized carbons (Fsp3) is 0.833. The van der Waals surface area contributed by atoms with Gasteiger partial charge in [-0.15, -0.1) is 0 Å². The predicted octanol–water partition coefficient (Wildman–Crippen LogP) is 0.765. The standard InChI is InChI=1S/C12H20N2O4S/c1-8-12(2,3-5-18-8)13-11(17)14-4-6-19-7-9(14)10(15)16/h8-9H,3-7H2,1-2H3,(H,13,17)(H,15,16). The van der Waals surface area contributed by atoms with E-state index in [1.807, 2.05) is 13.8 Å². The zero-order valence-corrected chi connectivity index (χ0v) is 12.0. The van der Waals surface area contributed by atoms with E-state index >= 15 is 0 Å². The maximum Gasteiger partial charge on any atom is 0.327 e. The number of nitrogens with one attached hydrogen (secondary N) is 1. The topological polar surface area (TPSA) is 78.9 Å². The van der Waals surface area contributed by atoms with Crippen LogP contribution in [0.4, 0.5) is 4.79 Å². The lowest BCUT2D eigenvalue weighted by Gasteiger charge is -2.37. The summed E-state index contributed by atoms with van der Waals surface area (Å²) in [6.07, 6.45) is 0.694. The van der Waals surface area contributed by atoms with Gasteiger partial charge < -0.3 is 20.1 Å². The van der Waals surface area contributed by atoms with E-state index in [1.165, 1.54) is 4.90 Å². The first-order valence-corrected chi connectivity index (χ1v) is 7.60. The van der Waals surface area contributed by atoms with E-state index in [0.29, 0.717) is 18.9 Å².